The highest BCUT2D eigenvalue weighted by Gasteiger charge is 2.14. The Balaban J connectivity index is 1.67. The summed E-state index contributed by atoms with van der Waals surface area (Å²) in [4.78, 5) is 0.890. The van der Waals surface area contributed by atoms with Crippen LogP contribution in [0.5, 0.6) is 0 Å². The number of rotatable bonds is 3. The van der Waals surface area contributed by atoms with E-state index in [0.717, 1.165) is 10.6 Å². The molecule has 0 spiro atoms. The van der Waals surface area contributed by atoms with Gasteiger partial charge in [-0.15, -0.1) is 0 Å². The fraction of sp³-hybridized carbons (Fsp3) is 0.316. The van der Waals surface area contributed by atoms with Crippen molar-refractivity contribution in [3.05, 3.63) is 60.2 Å². The van der Waals surface area contributed by atoms with Gasteiger partial charge in [-0.1, -0.05) is 86.1 Å². The van der Waals surface area contributed by atoms with Crippen LogP contribution in [0.4, 0.5) is 0 Å². The van der Waals surface area contributed by atoms with Crippen molar-refractivity contribution in [2.45, 2.75) is 38.1 Å². The smallest absolute Gasteiger partial charge is 0.106 e. The van der Waals surface area contributed by atoms with E-state index < -0.39 is 0 Å². The van der Waals surface area contributed by atoms with Gasteiger partial charge in [0.15, 0.2) is 0 Å². The molecule has 108 valence electrons. The summed E-state index contributed by atoms with van der Waals surface area (Å²) in [6, 6.07) is 19.6. The summed E-state index contributed by atoms with van der Waals surface area (Å²) in [5, 5.41) is 3.53. The van der Waals surface area contributed by atoms with Gasteiger partial charge in [0.2, 0.25) is 0 Å². The molecule has 0 saturated heterocycles. The van der Waals surface area contributed by atoms with Gasteiger partial charge in [0.1, 0.15) is 4.99 Å². The van der Waals surface area contributed by atoms with Crippen molar-refractivity contribution in [3.8, 4) is 11.1 Å². The lowest BCUT2D eigenvalue weighted by molar-refractivity contribution is 0.415. The highest BCUT2D eigenvalue weighted by molar-refractivity contribution is 7.80. The van der Waals surface area contributed by atoms with Gasteiger partial charge in [-0.25, -0.2) is 0 Å². The minimum absolute atomic E-state index is 0.569. The second-order valence-electron chi connectivity index (χ2n) is 5.75. The van der Waals surface area contributed by atoms with E-state index in [0.29, 0.717) is 6.04 Å². The average Bonchev–Trinajstić information content (AvgIpc) is 2.57. The maximum absolute atomic E-state index is 5.55. The lowest BCUT2D eigenvalue weighted by atomic mass is 9.95. The predicted molar refractivity (Wildman–Crippen MR) is 93.6 cm³/mol. The van der Waals surface area contributed by atoms with E-state index in [4.69, 9.17) is 12.2 Å². The van der Waals surface area contributed by atoms with E-state index in [1.807, 2.05) is 6.07 Å². The number of hydrogen-bond donors (Lipinski definition) is 1. The molecule has 2 aromatic rings. The van der Waals surface area contributed by atoms with Gasteiger partial charge in [-0.05, 0) is 24.0 Å². The van der Waals surface area contributed by atoms with Gasteiger partial charge in [0, 0.05) is 11.6 Å². The molecule has 3 rings (SSSR count). The number of nitrogens with one attached hydrogen (secondary N) is 1. The van der Waals surface area contributed by atoms with Gasteiger partial charge in [0.05, 0.1) is 0 Å². The minimum atomic E-state index is 0.569. The van der Waals surface area contributed by atoms with Crippen molar-refractivity contribution in [2.24, 2.45) is 0 Å². The number of benzene rings is 2. The summed E-state index contributed by atoms with van der Waals surface area (Å²) in [6.07, 6.45) is 6.53. The Hall–Kier alpha value is -1.67. The third-order valence-corrected chi connectivity index (χ3v) is 4.55. The van der Waals surface area contributed by atoms with Crippen molar-refractivity contribution in [1.82, 2.24) is 5.32 Å². The molecule has 0 aliphatic heterocycles. The molecular weight excluding hydrogens is 274 g/mol. The maximum Gasteiger partial charge on any atom is 0.106 e. The van der Waals surface area contributed by atoms with Crippen LogP contribution in [-0.2, 0) is 0 Å². The van der Waals surface area contributed by atoms with Gasteiger partial charge in [0.25, 0.3) is 0 Å². The topological polar surface area (TPSA) is 12.0 Å². The first kappa shape index (κ1) is 14.3. The number of hydrogen-bond acceptors (Lipinski definition) is 1. The Morgan fingerprint density at radius 2 is 1.43 bits per heavy atom. The summed E-state index contributed by atoms with van der Waals surface area (Å²) in [5.74, 6) is 0. The lowest BCUT2D eigenvalue weighted by Gasteiger charge is -2.24. The van der Waals surface area contributed by atoms with E-state index in [-0.39, 0.29) is 0 Å². The Morgan fingerprint density at radius 1 is 0.810 bits per heavy atom. The first-order valence-electron chi connectivity index (χ1n) is 7.79. The summed E-state index contributed by atoms with van der Waals surface area (Å²) < 4.78 is 0. The third-order valence-electron chi connectivity index (χ3n) is 4.19. The molecule has 1 nitrogen and oxygen atoms in total. The lowest BCUT2D eigenvalue weighted by Crippen LogP contribution is -2.35. The SMILES string of the molecule is S=C(NC1CCCCC1)c1ccc(-c2ccccc2)cc1. The Labute approximate surface area is 132 Å². The van der Waals surface area contributed by atoms with Crippen molar-refractivity contribution in [3.63, 3.8) is 0 Å². The first-order valence-corrected chi connectivity index (χ1v) is 8.20. The molecule has 0 aromatic heterocycles. The monoisotopic (exact) mass is 295 g/mol. The van der Waals surface area contributed by atoms with Crippen LogP contribution in [0.15, 0.2) is 54.6 Å². The van der Waals surface area contributed by atoms with E-state index in [1.54, 1.807) is 0 Å². The Morgan fingerprint density at radius 3 is 2.10 bits per heavy atom. The van der Waals surface area contributed by atoms with Gasteiger partial charge < -0.3 is 5.32 Å². The van der Waals surface area contributed by atoms with Crippen molar-refractivity contribution in [1.29, 1.82) is 0 Å². The first-order chi connectivity index (χ1) is 10.3. The van der Waals surface area contributed by atoms with E-state index in [1.165, 1.54) is 43.2 Å². The second-order valence-corrected chi connectivity index (χ2v) is 6.16. The Kier molecular flexibility index (Phi) is 4.66. The van der Waals surface area contributed by atoms with Crippen LogP contribution in [0.25, 0.3) is 11.1 Å². The molecule has 1 saturated carbocycles. The average molecular weight is 295 g/mol. The summed E-state index contributed by atoms with van der Waals surface area (Å²) in [6.45, 7) is 0. The fourth-order valence-corrected chi connectivity index (χ4v) is 3.26. The Bertz CT molecular complexity index is 583. The summed E-state index contributed by atoms with van der Waals surface area (Å²) in [5.41, 5.74) is 3.60. The van der Waals surface area contributed by atoms with Crippen molar-refractivity contribution < 1.29 is 0 Å². The number of thiocarbonyl (C=S) groups is 1. The molecular formula is C19H21NS. The van der Waals surface area contributed by atoms with Crippen LogP contribution in [0.3, 0.4) is 0 Å². The fourth-order valence-electron chi connectivity index (χ4n) is 2.96. The third kappa shape index (κ3) is 3.70. The zero-order valence-corrected chi connectivity index (χ0v) is 13.0. The largest absolute Gasteiger partial charge is 0.373 e. The molecule has 2 aromatic carbocycles. The van der Waals surface area contributed by atoms with Crippen LogP contribution in [0.2, 0.25) is 0 Å². The summed E-state index contributed by atoms with van der Waals surface area (Å²) >= 11 is 5.55. The van der Waals surface area contributed by atoms with Crippen LogP contribution in [0, 0.1) is 0 Å². The molecule has 1 aliphatic carbocycles. The van der Waals surface area contributed by atoms with Gasteiger partial charge in [-0.2, -0.15) is 0 Å². The van der Waals surface area contributed by atoms with E-state index in [9.17, 15) is 0 Å². The second kappa shape index (κ2) is 6.86. The predicted octanol–water partition coefficient (Wildman–Crippen LogP) is 4.95. The maximum atomic E-state index is 5.55. The molecule has 2 heteroatoms. The molecule has 0 unspecified atom stereocenters. The minimum Gasteiger partial charge on any atom is -0.373 e. The molecule has 0 bridgehead atoms. The van der Waals surface area contributed by atoms with Gasteiger partial charge >= 0.3 is 0 Å². The van der Waals surface area contributed by atoms with Gasteiger partial charge in [-0.3, -0.25) is 0 Å². The van der Waals surface area contributed by atoms with E-state index in [2.05, 4.69) is 53.8 Å². The van der Waals surface area contributed by atoms with E-state index >= 15 is 0 Å². The molecule has 0 heterocycles. The van der Waals surface area contributed by atoms with Crippen LogP contribution in [-0.4, -0.2) is 11.0 Å². The van der Waals surface area contributed by atoms with Crippen LogP contribution < -0.4 is 5.32 Å². The summed E-state index contributed by atoms with van der Waals surface area (Å²) in [7, 11) is 0. The molecule has 1 N–H and O–H groups in total. The van der Waals surface area contributed by atoms with Crippen molar-refractivity contribution in [2.75, 3.05) is 0 Å². The molecule has 0 atom stereocenters. The zero-order chi connectivity index (χ0) is 14.5. The molecule has 0 radical (unpaired) electrons. The standard InChI is InChI=1S/C19H21NS/c21-19(20-18-9-5-2-6-10-18)17-13-11-16(12-14-17)15-7-3-1-4-8-15/h1,3-4,7-8,11-14,18H,2,5-6,9-10H2,(H,20,21). The zero-order valence-electron chi connectivity index (χ0n) is 12.2. The molecule has 1 fully saturated rings. The highest BCUT2D eigenvalue weighted by atomic mass is 32.1. The quantitative estimate of drug-likeness (QED) is 0.804. The molecule has 21 heavy (non-hydrogen) atoms. The van der Waals surface area contributed by atoms with Crippen LogP contribution in [0.1, 0.15) is 37.7 Å². The van der Waals surface area contributed by atoms with Crippen LogP contribution >= 0.6 is 12.2 Å². The molecule has 0 amide bonds. The normalized spacial score (nSPS) is 15.6. The highest BCUT2D eigenvalue weighted by Crippen LogP contribution is 2.21. The van der Waals surface area contributed by atoms with Crippen molar-refractivity contribution >= 4 is 17.2 Å². The molecule has 1 aliphatic rings.